The average Bonchev–Trinajstić information content (AvgIpc) is 4.37. The van der Waals surface area contributed by atoms with E-state index in [-0.39, 0.29) is 53.5 Å². The lowest BCUT2D eigenvalue weighted by molar-refractivity contribution is -0.121. The van der Waals surface area contributed by atoms with E-state index in [0.29, 0.717) is 94.0 Å². The number of nitrogens with zero attached hydrogens (tertiary/aromatic N) is 6. The van der Waals surface area contributed by atoms with Gasteiger partial charge in [0.15, 0.2) is 11.6 Å². The van der Waals surface area contributed by atoms with Gasteiger partial charge >= 0.3 is 0 Å². The summed E-state index contributed by atoms with van der Waals surface area (Å²) in [4.78, 5) is 73.3. The lowest BCUT2D eigenvalue weighted by Gasteiger charge is -2.27. The monoisotopic (exact) mass is 1030 g/mol. The molecule has 10 rings (SSSR count). The Morgan fingerprint density at radius 2 is 1.11 bits per heavy atom. The largest absolute Gasteiger partial charge is 0.497 e. The van der Waals surface area contributed by atoms with Gasteiger partial charge in [-0.2, -0.15) is 0 Å². The van der Waals surface area contributed by atoms with Crippen LogP contribution in [-0.4, -0.2) is 109 Å². The van der Waals surface area contributed by atoms with E-state index in [2.05, 4.69) is 20.9 Å². The highest BCUT2D eigenvalue weighted by Crippen LogP contribution is 2.41. The molecule has 2 saturated carbocycles. The number of nitrogens with one attached hydrogen (secondary N) is 3. The summed E-state index contributed by atoms with van der Waals surface area (Å²) in [6.07, 6.45) is 8.78. The van der Waals surface area contributed by atoms with Crippen molar-refractivity contribution < 1.29 is 32.6 Å². The molecule has 6 aromatic rings. The molecule has 4 heterocycles. The summed E-state index contributed by atoms with van der Waals surface area (Å²) in [6, 6.07) is 29.2. The number of methoxy groups -OCH3 is 2. The van der Waals surface area contributed by atoms with E-state index in [4.69, 9.17) is 20.2 Å². The van der Waals surface area contributed by atoms with Crippen molar-refractivity contribution in [3.63, 3.8) is 0 Å². The number of benzene rings is 4. The molecule has 0 spiro atoms. The minimum Gasteiger partial charge on any atom is -0.497 e. The quantitative estimate of drug-likeness (QED) is 0.0694. The van der Waals surface area contributed by atoms with E-state index < -0.39 is 0 Å². The summed E-state index contributed by atoms with van der Waals surface area (Å²) in [5, 5.41) is 9.13. The Balaban J connectivity index is 0.000000170. The van der Waals surface area contributed by atoms with Crippen molar-refractivity contribution >= 4 is 29.7 Å². The normalized spacial score (nSPS) is 18.6. The molecule has 0 bridgehead atoms. The Hall–Kier alpha value is -7.77. The molecular weight excluding hydrogens is 963 g/mol. The molecule has 2 aliphatic heterocycles. The molecule has 2 aliphatic carbocycles. The number of nitrogens with two attached hydrogens (primary N) is 1. The van der Waals surface area contributed by atoms with Gasteiger partial charge in [0.1, 0.15) is 29.4 Å². The summed E-state index contributed by atoms with van der Waals surface area (Å²) in [5.74, 6) is 2.37. The van der Waals surface area contributed by atoms with Crippen LogP contribution in [0.25, 0.3) is 0 Å². The molecule has 4 atom stereocenters. The number of halogens is 2. The number of ether oxygens (including phenoxy) is 2. The molecule has 4 aliphatic rings. The molecule has 0 unspecified atom stereocenters. The van der Waals surface area contributed by atoms with Gasteiger partial charge in [0.05, 0.1) is 51.8 Å². The molecule has 4 aromatic carbocycles. The molecular formula is C56H64F2N10O7. The predicted octanol–water partition coefficient (Wildman–Crippen LogP) is 4.46. The van der Waals surface area contributed by atoms with Crippen molar-refractivity contribution in [2.75, 3.05) is 69.8 Å². The number of carbonyl (C=O) groups excluding carboxylic acids is 3. The van der Waals surface area contributed by atoms with Gasteiger partial charge in [-0.15, -0.1) is 0 Å². The molecule has 5 N–H and O–H groups in total. The van der Waals surface area contributed by atoms with Crippen LogP contribution in [0.5, 0.6) is 11.5 Å². The first kappa shape index (κ1) is 53.5. The first-order chi connectivity index (χ1) is 36.4. The molecule has 75 heavy (non-hydrogen) atoms. The second-order valence-electron chi connectivity index (χ2n) is 19.0. The summed E-state index contributed by atoms with van der Waals surface area (Å²) in [5.41, 5.74) is 10.9. The number of hydrogen-bond acceptors (Lipinski definition) is 13. The van der Waals surface area contributed by atoms with Gasteiger partial charge in [0.25, 0.3) is 11.1 Å². The summed E-state index contributed by atoms with van der Waals surface area (Å²) >= 11 is 0. The van der Waals surface area contributed by atoms with Crippen LogP contribution in [0.15, 0.2) is 119 Å². The van der Waals surface area contributed by atoms with Crippen molar-refractivity contribution in [1.29, 1.82) is 0 Å². The maximum Gasteiger partial charge on any atom is 0.293 e. The maximum atomic E-state index is 13.3. The second-order valence-corrected chi connectivity index (χ2v) is 19.0. The Bertz CT molecular complexity index is 3010. The van der Waals surface area contributed by atoms with Crippen LogP contribution >= 0.6 is 0 Å². The van der Waals surface area contributed by atoms with Crippen LogP contribution in [0, 0.1) is 11.6 Å². The number of anilines is 2. The van der Waals surface area contributed by atoms with Crippen LogP contribution in [0.4, 0.5) is 20.4 Å². The minimum absolute atomic E-state index is 0.0991. The average molecular weight is 1030 g/mol. The van der Waals surface area contributed by atoms with Gasteiger partial charge in [-0.05, 0) is 109 Å². The lowest BCUT2D eigenvalue weighted by atomic mass is 10.1. The van der Waals surface area contributed by atoms with Gasteiger partial charge in [-0.1, -0.05) is 48.5 Å². The maximum absolute atomic E-state index is 13.3. The third kappa shape index (κ3) is 14.9. The van der Waals surface area contributed by atoms with Gasteiger partial charge in [-0.3, -0.25) is 19.2 Å². The minimum atomic E-state index is -0.254. The van der Waals surface area contributed by atoms with Gasteiger partial charge in [0.2, 0.25) is 11.8 Å². The predicted molar refractivity (Wildman–Crippen MR) is 282 cm³/mol. The molecule has 2 amide bonds. The van der Waals surface area contributed by atoms with Crippen LogP contribution in [-0.2, 0) is 40.3 Å². The molecule has 19 heteroatoms. The highest BCUT2D eigenvalue weighted by atomic mass is 19.1. The SMILES string of the molecule is COc1ccc(Cn2cc(CCC=O)nc(N3CCNC(=O)C3)c2=O)cc1.COc1ccc(Cn2cc(CCCN[C@@H]3C[C@H]3c3ccc(F)cc3)nc(N3CCNC(=O)C3)c2=O)cc1.N[C@@H]1C[C@H]1c1ccc(F)cc1. The zero-order chi connectivity index (χ0) is 52.8. The first-order valence-corrected chi connectivity index (χ1v) is 25.3. The molecule has 4 fully saturated rings. The van der Waals surface area contributed by atoms with Crippen LogP contribution in [0.1, 0.15) is 71.2 Å². The second kappa shape index (κ2) is 25.4. The van der Waals surface area contributed by atoms with Crippen molar-refractivity contribution in [3.8, 4) is 11.5 Å². The zero-order valence-corrected chi connectivity index (χ0v) is 42.3. The Morgan fingerprint density at radius 1 is 0.653 bits per heavy atom. The number of piperazine rings is 2. The molecule has 0 radical (unpaired) electrons. The van der Waals surface area contributed by atoms with E-state index in [0.717, 1.165) is 60.4 Å². The van der Waals surface area contributed by atoms with Crippen molar-refractivity contribution in [2.45, 2.75) is 75.5 Å². The topological polar surface area (TPSA) is 208 Å². The van der Waals surface area contributed by atoms with Crippen molar-refractivity contribution in [3.05, 3.63) is 175 Å². The summed E-state index contributed by atoms with van der Waals surface area (Å²) < 4.78 is 39.3. The van der Waals surface area contributed by atoms with Crippen molar-refractivity contribution in [2.24, 2.45) is 5.73 Å². The smallest absolute Gasteiger partial charge is 0.293 e. The fraction of sp³-hybridized carbons (Fsp3) is 0.375. The Kier molecular flexibility index (Phi) is 18.2. The Morgan fingerprint density at radius 3 is 1.53 bits per heavy atom. The van der Waals surface area contributed by atoms with Gasteiger partial charge < -0.3 is 54.9 Å². The molecule has 394 valence electrons. The Labute approximate surface area is 434 Å². The van der Waals surface area contributed by atoms with Crippen molar-refractivity contribution in [1.82, 2.24) is 35.1 Å². The summed E-state index contributed by atoms with van der Waals surface area (Å²) in [7, 11) is 3.22. The number of rotatable bonds is 18. The fourth-order valence-corrected chi connectivity index (χ4v) is 9.11. The van der Waals surface area contributed by atoms with E-state index in [1.54, 1.807) is 39.4 Å². The van der Waals surface area contributed by atoms with E-state index >= 15 is 0 Å². The third-order valence-corrected chi connectivity index (χ3v) is 13.5. The van der Waals surface area contributed by atoms with Crippen LogP contribution in [0.3, 0.4) is 0 Å². The fourth-order valence-electron chi connectivity index (χ4n) is 9.11. The first-order valence-electron chi connectivity index (χ1n) is 25.3. The number of aryl methyl sites for hydroxylation is 2. The third-order valence-electron chi connectivity index (χ3n) is 13.5. The van der Waals surface area contributed by atoms with Crippen LogP contribution < -0.4 is 52.1 Å². The highest BCUT2D eigenvalue weighted by Gasteiger charge is 2.37. The number of aldehydes is 1. The number of hydrogen-bond donors (Lipinski definition) is 4. The van der Waals surface area contributed by atoms with E-state index in [1.165, 1.54) is 35.4 Å². The van der Waals surface area contributed by atoms with E-state index in [1.807, 2.05) is 79.0 Å². The summed E-state index contributed by atoms with van der Waals surface area (Å²) in [6.45, 7) is 3.85. The number of aromatic nitrogens is 4. The molecule has 2 aromatic heterocycles. The van der Waals surface area contributed by atoms with Gasteiger partial charge in [-0.25, -0.2) is 18.7 Å². The van der Waals surface area contributed by atoms with E-state index in [9.17, 15) is 32.8 Å². The standard InChI is InChI=1S/C28H32FN5O3.C19H22N4O4.C9H10FN/c1-37-23-10-4-19(5-11-23)16-34-17-22(32-27(28(34)36)33-14-13-31-26(35)18-33)3-2-12-30-25-15-24(25)20-6-8-21(29)9-7-20;1-27-16-6-4-14(5-7-16)11-23-12-15(3-2-10-24)21-18(19(23)26)22-9-8-20-17(25)13-22;10-7-3-1-6(2-4-7)8-5-9(8)11/h4-11,17,24-25,30H,2-3,12-16,18H2,1H3,(H,31,35);4-7,10,12H,2-3,8-9,11,13H2,1H3,(H,20,25);1-4,8-9H,5,11H2/t24-,25+;;8-,9+/m0.0/s1. The van der Waals surface area contributed by atoms with Gasteiger partial charge in [0, 0.05) is 68.9 Å². The van der Waals surface area contributed by atoms with Crippen LogP contribution in [0.2, 0.25) is 0 Å². The zero-order valence-electron chi connectivity index (χ0n) is 42.3. The number of amides is 2. The molecule has 2 saturated heterocycles. The lowest BCUT2D eigenvalue weighted by Crippen LogP contribution is -2.50. The molecule has 17 nitrogen and oxygen atoms in total. The highest BCUT2D eigenvalue weighted by molar-refractivity contribution is 5.82. The number of carbonyl (C=O) groups is 3.